The first-order chi connectivity index (χ1) is 9.17. The van der Waals surface area contributed by atoms with Crippen molar-refractivity contribution in [3.05, 3.63) is 35.4 Å². The van der Waals surface area contributed by atoms with E-state index >= 15 is 0 Å². The Morgan fingerprint density at radius 1 is 1.05 bits per heavy atom. The van der Waals surface area contributed by atoms with Gasteiger partial charge in [-0.1, -0.05) is 19.1 Å². The Bertz CT molecular complexity index is 575. The van der Waals surface area contributed by atoms with Crippen LogP contribution in [-0.2, 0) is 0 Å². The van der Waals surface area contributed by atoms with Crippen LogP contribution in [0.1, 0.15) is 18.9 Å². The summed E-state index contributed by atoms with van der Waals surface area (Å²) in [6.07, 6.45) is 1.05. The number of nitriles is 3. The van der Waals surface area contributed by atoms with Crippen molar-refractivity contribution in [2.75, 3.05) is 18.5 Å². The van der Waals surface area contributed by atoms with Crippen molar-refractivity contribution in [1.29, 1.82) is 15.8 Å². The van der Waals surface area contributed by atoms with Crippen molar-refractivity contribution >= 4 is 11.3 Å². The first-order valence-electron chi connectivity index (χ1n) is 5.94. The molecule has 1 aromatic carbocycles. The molecule has 0 atom stereocenters. The van der Waals surface area contributed by atoms with E-state index in [2.05, 4.69) is 11.8 Å². The number of allylic oxidation sites excluding steroid dienone is 2. The van der Waals surface area contributed by atoms with Crippen LogP contribution in [-0.4, -0.2) is 13.6 Å². The number of benzene rings is 1. The Hall–Kier alpha value is -2.77. The maximum atomic E-state index is 9.05. The Balaban J connectivity index is 3.13. The third-order valence-corrected chi connectivity index (χ3v) is 2.74. The maximum absolute atomic E-state index is 9.05. The van der Waals surface area contributed by atoms with E-state index in [4.69, 9.17) is 15.8 Å². The molecule has 1 aromatic rings. The fourth-order valence-corrected chi connectivity index (χ4v) is 1.75. The van der Waals surface area contributed by atoms with Gasteiger partial charge in [0.1, 0.15) is 23.8 Å². The number of rotatable bonds is 4. The number of anilines is 1. The predicted molar refractivity (Wildman–Crippen MR) is 73.8 cm³/mol. The third-order valence-electron chi connectivity index (χ3n) is 2.74. The molecule has 0 aliphatic heterocycles. The van der Waals surface area contributed by atoms with Crippen molar-refractivity contribution < 1.29 is 0 Å². The van der Waals surface area contributed by atoms with Crippen LogP contribution >= 0.6 is 0 Å². The second-order valence-corrected chi connectivity index (χ2v) is 4.05. The van der Waals surface area contributed by atoms with Crippen molar-refractivity contribution in [2.24, 2.45) is 0 Å². The van der Waals surface area contributed by atoms with Crippen LogP contribution < -0.4 is 4.90 Å². The van der Waals surface area contributed by atoms with E-state index < -0.39 is 0 Å². The standard InChI is InChI=1S/C15H14N4/c1-3-8-19(2)14-6-4-12(5-7-14)15(11-18)13(9-16)10-17/h4-7H,3,8H2,1-2H3. The lowest BCUT2D eigenvalue weighted by Crippen LogP contribution is -2.17. The minimum absolute atomic E-state index is 0.120. The molecule has 19 heavy (non-hydrogen) atoms. The normalized spacial score (nSPS) is 8.79. The molecular formula is C15H14N4. The summed E-state index contributed by atoms with van der Waals surface area (Å²) in [6.45, 7) is 3.05. The lowest BCUT2D eigenvalue weighted by atomic mass is 10.0. The van der Waals surface area contributed by atoms with E-state index in [1.807, 2.05) is 25.2 Å². The third kappa shape index (κ3) is 3.35. The Morgan fingerprint density at radius 2 is 1.63 bits per heavy atom. The summed E-state index contributed by atoms with van der Waals surface area (Å²) < 4.78 is 0. The highest BCUT2D eigenvalue weighted by molar-refractivity contribution is 5.84. The molecule has 4 heteroatoms. The van der Waals surface area contributed by atoms with Crippen molar-refractivity contribution in [2.45, 2.75) is 13.3 Å². The highest BCUT2D eigenvalue weighted by atomic mass is 15.1. The van der Waals surface area contributed by atoms with Gasteiger partial charge in [-0.2, -0.15) is 15.8 Å². The average molecular weight is 250 g/mol. The van der Waals surface area contributed by atoms with E-state index in [0.717, 1.165) is 18.7 Å². The molecule has 0 fully saturated rings. The zero-order valence-electron chi connectivity index (χ0n) is 11.0. The molecule has 0 amide bonds. The first kappa shape index (κ1) is 14.3. The molecule has 0 saturated carbocycles. The fraction of sp³-hybridized carbons (Fsp3) is 0.267. The summed E-state index contributed by atoms with van der Waals surface area (Å²) in [5, 5.41) is 26.7. The molecule has 0 heterocycles. The quantitative estimate of drug-likeness (QED) is 0.770. The molecule has 0 saturated heterocycles. The van der Waals surface area contributed by atoms with Crippen LogP contribution in [0.25, 0.3) is 5.57 Å². The van der Waals surface area contributed by atoms with Crippen LogP contribution in [0.5, 0.6) is 0 Å². The predicted octanol–water partition coefficient (Wildman–Crippen LogP) is 2.86. The largest absolute Gasteiger partial charge is 0.375 e. The van der Waals surface area contributed by atoms with Gasteiger partial charge in [-0.05, 0) is 24.1 Å². The Morgan fingerprint density at radius 3 is 2.05 bits per heavy atom. The molecule has 0 N–H and O–H groups in total. The first-order valence-corrected chi connectivity index (χ1v) is 5.94. The van der Waals surface area contributed by atoms with Crippen LogP contribution in [0.2, 0.25) is 0 Å². The summed E-state index contributed by atoms with van der Waals surface area (Å²) in [7, 11) is 2.00. The van der Waals surface area contributed by atoms with Gasteiger partial charge in [0, 0.05) is 19.3 Å². The van der Waals surface area contributed by atoms with Crippen molar-refractivity contribution in [3.8, 4) is 18.2 Å². The monoisotopic (exact) mass is 250 g/mol. The highest BCUT2D eigenvalue weighted by Gasteiger charge is 2.09. The zero-order valence-corrected chi connectivity index (χ0v) is 11.0. The smallest absolute Gasteiger partial charge is 0.148 e. The molecule has 0 aliphatic carbocycles. The van der Waals surface area contributed by atoms with Crippen molar-refractivity contribution in [3.63, 3.8) is 0 Å². The molecule has 0 unspecified atom stereocenters. The summed E-state index contributed by atoms with van der Waals surface area (Å²) in [5.74, 6) is 0. The molecule has 0 radical (unpaired) electrons. The summed E-state index contributed by atoms with van der Waals surface area (Å²) in [5.41, 5.74) is 1.60. The molecule has 1 rings (SSSR count). The summed E-state index contributed by atoms with van der Waals surface area (Å²) in [6, 6.07) is 12.7. The second kappa shape index (κ2) is 6.84. The molecule has 0 aliphatic rings. The molecule has 0 bridgehead atoms. The minimum atomic E-state index is -0.155. The fourth-order valence-electron chi connectivity index (χ4n) is 1.75. The van der Waals surface area contributed by atoms with E-state index in [9.17, 15) is 0 Å². The van der Waals surface area contributed by atoms with E-state index in [0.29, 0.717) is 5.56 Å². The second-order valence-electron chi connectivity index (χ2n) is 4.05. The lowest BCUT2D eigenvalue weighted by molar-refractivity contribution is 0.852. The number of nitrogens with zero attached hydrogens (tertiary/aromatic N) is 4. The van der Waals surface area contributed by atoms with Crippen LogP contribution in [0, 0.1) is 34.0 Å². The maximum Gasteiger partial charge on any atom is 0.148 e. The van der Waals surface area contributed by atoms with E-state index in [1.165, 1.54) is 0 Å². The van der Waals surface area contributed by atoms with Crippen molar-refractivity contribution in [1.82, 2.24) is 0 Å². The zero-order chi connectivity index (χ0) is 14.3. The van der Waals surface area contributed by atoms with Gasteiger partial charge >= 0.3 is 0 Å². The van der Waals surface area contributed by atoms with Gasteiger partial charge in [0.2, 0.25) is 0 Å². The highest BCUT2D eigenvalue weighted by Crippen LogP contribution is 2.21. The SMILES string of the molecule is CCCN(C)c1ccc(C(C#N)=C(C#N)C#N)cc1. The van der Waals surface area contributed by atoms with Gasteiger partial charge in [0.05, 0.1) is 5.57 Å². The minimum Gasteiger partial charge on any atom is -0.375 e. The van der Waals surface area contributed by atoms with Crippen LogP contribution in [0.3, 0.4) is 0 Å². The van der Waals surface area contributed by atoms with E-state index in [-0.39, 0.29) is 11.1 Å². The van der Waals surface area contributed by atoms with Crippen LogP contribution in [0.15, 0.2) is 29.8 Å². The van der Waals surface area contributed by atoms with Gasteiger partial charge in [-0.25, -0.2) is 0 Å². The summed E-state index contributed by atoms with van der Waals surface area (Å²) in [4.78, 5) is 2.11. The van der Waals surface area contributed by atoms with Crippen LogP contribution in [0.4, 0.5) is 5.69 Å². The lowest BCUT2D eigenvalue weighted by Gasteiger charge is -2.18. The van der Waals surface area contributed by atoms with Gasteiger partial charge in [0.15, 0.2) is 0 Å². The topological polar surface area (TPSA) is 74.6 Å². The summed E-state index contributed by atoms with van der Waals surface area (Å²) >= 11 is 0. The number of hydrogen-bond acceptors (Lipinski definition) is 4. The van der Waals surface area contributed by atoms with Gasteiger partial charge in [-0.15, -0.1) is 0 Å². The van der Waals surface area contributed by atoms with E-state index in [1.54, 1.807) is 24.3 Å². The molecule has 0 aromatic heterocycles. The van der Waals surface area contributed by atoms with Gasteiger partial charge in [-0.3, -0.25) is 0 Å². The average Bonchev–Trinajstić information content (AvgIpc) is 2.45. The Kier molecular flexibility index (Phi) is 5.15. The van der Waals surface area contributed by atoms with Gasteiger partial charge < -0.3 is 4.90 Å². The molecule has 4 nitrogen and oxygen atoms in total. The molecule has 0 spiro atoms. The molecular weight excluding hydrogens is 236 g/mol. The molecule has 94 valence electrons. The Labute approximate surface area is 113 Å². The van der Waals surface area contributed by atoms with Gasteiger partial charge in [0.25, 0.3) is 0 Å². The number of hydrogen-bond donors (Lipinski definition) is 0.